The number of amides is 2. The maximum Gasteiger partial charge on any atom is 0.407 e. The van der Waals surface area contributed by atoms with Crippen LogP contribution in [-0.2, 0) is 64.6 Å². The summed E-state index contributed by atoms with van der Waals surface area (Å²) in [6.07, 6.45) is 35.7. The van der Waals surface area contributed by atoms with Gasteiger partial charge in [-0.1, -0.05) is 247 Å². The number of unbranched alkanes of at least 4 members (excludes halogenated alkanes) is 8. The molecular weight excluding hydrogens is 1420 g/mol. The molecule has 0 atom stereocenters. The molecule has 4 aromatic carbocycles. The van der Waals surface area contributed by atoms with Crippen LogP contribution in [0.5, 0.6) is 0 Å². The molecule has 0 radical (unpaired) electrons. The molecule has 16 heteroatoms. The van der Waals surface area contributed by atoms with Crippen molar-refractivity contribution in [3.63, 3.8) is 0 Å². The Morgan fingerprint density at radius 1 is 0.486 bits per heavy atom. The van der Waals surface area contributed by atoms with Crippen LogP contribution in [0.25, 0.3) is 5.57 Å². The standard InChI is InChI=1S/C23H39NO3.C18H31N.C18H29N.C14H20BrNO2.C9H18O.2C4H8O2.CH4.ClH/c1-6-8-15-23(26,16-9-7-2)20-14-10-12-19(18-20)13-11-17-24-21(25)27-22(3,4)5;2*1-3-5-11-17(12-6-4-2)18-13-7-9-16(15-18)10-8-14-19;1-14(2,3)18-13(17)16-9-5-7-11-6-4-8-12(15)10-11;1-3-5-7-9(10)8-6-4-2;2*1-3-6-4(2)5;;/h10,12,14,18,26H,6-9,11,13,15-17H2,1-5H3,(H,24,25);7,9,13,15,17H,3-6,8,10-12,14,19H2,1-2H3;7,9,11,13,15H,3-6,8,10,12,14,19H2,1-2H3;4,6,8,10H,5,7,9H2,1-3H3,(H,16,17);3-8H2,1-2H3;2*3H2,1-2H3;1H4;1H/b;;17-11+;;;;;;. The molecule has 0 bridgehead atoms. The number of nitrogens with one attached hydrogen (secondary N) is 2. The molecule has 0 saturated carbocycles. The molecule has 616 valence electrons. The minimum absolute atomic E-state index is 0. The van der Waals surface area contributed by atoms with Gasteiger partial charge in [-0.2, -0.15) is 0 Å². The number of alkyl carbamates (subject to hydrolysis) is 2. The summed E-state index contributed by atoms with van der Waals surface area (Å²) in [5.41, 5.74) is 20.4. The maximum atomic E-state index is 11.7. The zero-order chi connectivity index (χ0) is 79.6. The molecule has 107 heavy (non-hydrogen) atoms. The molecule has 0 unspecified atom stereocenters. The molecule has 0 saturated heterocycles. The van der Waals surface area contributed by atoms with Crippen molar-refractivity contribution < 1.29 is 48.0 Å². The van der Waals surface area contributed by atoms with Gasteiger partial charge >= 0.3 is 24.1 Å². The van der Waals surface area contributed by atoms with Crippen molar-refractivity contribution in [3.05, 3.63) is 147 Å². The quantitative estimate of drug-likeness (QED) is 0.0159. The van der Waals surface area contributed by atoms with Crippen LogP contribution in [-0.4, -0.2) is 85.6 Å². The Balaban J connectivity index is -0.000000396. The fourth-order valence-electron chi connectivity index (χ4n) is 10.9. The number of Topliss-reactive ketones (excluding diaryl/α,β-unsaturated/α-hetero) is 1. The lowest BCUT2D eigenvalue weighted by Crippen LogP contribution is -2.33. The van der Waals surface area contributed by atoms with E-state index in [9.17, 15) is 29.1 Å². The first-order valence-electron chi connectivity index (χ1n) is 40.6. The number of ether oxygens (including phenoxy) is 4. The Bertz CT molecular complexity index is 2790. The lowest BCUT2D eigenvalue weighted by Gasteiger charge is -2.29. The van der Waals surface area contributed by atoms with Gasteiger partial charge in [0, 0.05) is 44.3 Å². The van der Waals surface area contributed by atoms with Crippen LogP contribution in [0.2, 0.25) is 0 Å². The second-order valence-corrected chi connectivity index (χ2v) is 30.0. The van der Waals surface area contributed by atoms with Gasteiger partial charge in [0.25, 0.3) is 0 Å². The van der Waals surface area contributed by atoms with E-state index in [0.717, 1.165) is 157 Å². The Kier molecular flexibility index (Phi) is 74.0. The number of hydrogen-bond donors (Lipinski definition) is 5. The van der Waals surface area contributed by atoms with Crippen molar-refractivity contribution in [3.8, 4) is 0 Å². The summed E-state index contributed by atoms with van der Waals surface area (Å²) < 4.78 is 20.3. The number of nitrogens with two attached hydrogens (primary N) is 2. The zero-order valence-electron chi connectivity index (χ0n) is 70.1. The van der Waals surface area contributed by atoms with E-state index in [1.165, 1.54) is 118 Å². The van der Waals surface area contributed by atoms with Crippen molar-refractivity contribution >= 4 is 63.8 Å². The van der Waals surface area contributed by atoms with Crippen LogP contribution < -0.4 is 22.1 Å². The highest BCUT2D eigenvalue weighted by Crippen LogP contribution is 2.34. The maximum absolute atomic E-state index is 11.7. The van der Waals surface area contributed by atoms with Gasteiger partial charge in [-0.15, -0.1) is 12.4 Å². The van der Waals surface area contributed by atoms with Gasteiger partial charge in [-0.05, 0) is 240 Å². The van der Waals surface area contributed by atoms with E-state index in [0.29, 0.717) is 32.1 Å². The summed E-state index contributed by atoms with van der Waals surface area (Å²) in [6, 6.07) is 34.7. The van der Waals surface area contributed by atoms with Crippen molar-refractivity contribution in [2.24, 2.45) is 11.5 Å². The highest BCUT2D eigenvalue weighted by atomic mass is 79.9. The second kappa shape index (κ2) is 72.0. The fraction of sp³-hybridized carbons (Fsp3) is 0.659. The highest BCUT2D eigenvalue weighted by Gasteiger charge is 2.28. The SMILES string of the molecule is C.CC(C)(C)OC(=O)NCCCc1cccc(Br)c1.CCC/C=C(\CCCC)c1cccc(CCCN)c1.CCCCC(=O)CCCC.CCCCC(CCCC)c1cccc(CCCN)c1.CCCCC(O)(CCCC)c1cccc(CCCNC(=O)OC(C)(C)C)c1.CCOC(C)=O.CCOC(C)=O.Cl. The molecule has 0 aliphatic carbocycles. The van der Waals surface area contributed by atoms with Gasteiger partial charge in [0.1, 0.15) is 17.0 Å². The van der Waals surface area contributed by atoms with Gasteiger partial charge in [-0.25, -0.2) is 9.59 Å². The van der Waals surface area contributed by atoms with Crippen LogP contribution in [0.1, 0.15) is 350 Å². The van der Waals surface area contributed by atoms with Gasteiger partial charge in [0.05, 0.1) is 18.8 Å². The first-order valence-corrected chi connectivity index (χ1v) is 41.4. The molecule has 0 aromatic heterocycles. The minimum Gasteiger partial charge on any atom is -0.466 e. The predicted molar refractivity (Wildman–Crippen MR) is 463 cm³/mol. The number of aliphatic hydroxyl groups is 1. The van der Waals surface area contributed by atoms with E-state index < -0.39 is 16.8 Å². The van der Waals surface area contributed by atoms with Crippen molar-refractivity contribution in [1.29, 1.82) is 0 Å². The number of hydrogen-bond acceptors (Lipinski definition) is 12. The lowest BCUT2D eigenvalue weighted by molar-refractivity contribution is -0.141. The predicted octanol–water partition coefficient (Wildman–Crippen LogP) is 24.7. The average Bonchev–Trinajstić information content (AvgIpc) is 1.81. The number of carbonyl (C=O) groups excluding carboxylic acids is 5. The van der Waals surface area contributed by atoms with Gasteiger partial charge in [0.15, 0.2) is 0 Å². The molecule has 0 aliphatic rings. The first-order chi connectivity index (χ1) is 50.0. The summed E-state index contributed by atoms with van der Waals surface area (Å²) in [5, 5.41) is 16.8. The summed E-state index contributed by atoms with van der Waals surface area (Å²) in [5.74, 6) is 0.788. The molecule has 0 fully saturated rings. The van der Waals surface area contributed by atoms with E-state index in [2.05, 4.69) is 170 Å². The van der Waals surface area contributed by atoms with Crippen LogP contribution >= 0.6 is 28.3 Å². The number of benzene rings is 4. The highest BCUT2D eigenvalue weighted by molar-refractivity contribution is 9.10. The third kappa shape index (κ3) is 67.1. The summed E-state index contributed by atoms with van der Waals surface area (Å²) in [6.45, 7) is 38.8. The second-order valence-electron chi connectivity index (χ2n) is 29.1. The molecule has 7 N–H and O–H groups in total. The smallest absolute Gasteiger partial charge is 0.407 e. The van der Waals surface area contributed by atoms with Crippen molar-refractivity contribution in [2.45, 2.75) is 354 Å². The van der Waals surface area contributed by atoms with Gasteiger partial charge in [-0.3, -0.25) is 14.4 Å². The summed E-state index contributed by atoms with van der Waals surface area (Å²) in [4.78, 5) is 53.7. The lowest BCUT2D eigenvalue weighted by atomic mass is 9.83. The molecule has 0 aliphatic heterocycles. The molecule has 0 spiro atoms. The first kappa shape index (κ1) is 110. The number of halogens is 2. The van der Waals surface area contributed by atoms with E-state index in [1.807, 2.05) is 65.8 Å². The Labute approximate surface area is 669 Å². The van der Waals surface area contributed by atoms with Crippen molar-refractivity contribution in [1.82, 2.24) is 10.6 Å². The number of allylic oxidation sites excluding steroid dienone is 2. The Morgan fingerprint density at radius 3 is 1.27 bits per heavy atom. The zero-order valence-corrected chi connectivity index (χ0v) is 72.5. The molecule has 0 heterocycles. The average molecular weight is 1580 g/mol. The largest absolute Gasteiger partial charge is 0.466 e. The number of carbonyl (C=O) groups is 5. The van der Waals surface area contributed by atoms with E-state index in [-0.39, 0.29) is 44.0 Å². The number of ketones is 1. The number of rotatable bonds is 42. The fourth-order valence-corrected chi connectivity index (χ4v) is 11.4. The van der Waals surface area contributed by atoms with Crippen LogP contribution in [0, 0.1) is 0 Å². The Morgan fingerprint density at radius 2 is 0.879 bits per heavy atom. The number of aryl methyl sites for hydroxylation is 4. The van der Waals surface area contributed by atoms with Crippen LogP contribution in [0.15, 0.2) is 108 Å². The molecular formula is C91H158BrClN4O10. The minimum atomic E-state index is -0.725. The normalized spacial score (nSPS) is 10.8. The molecule has 4 rings (SSSR count). The van der Waals surface area contributed by atoms with Gasteiger partial charge in [0.2, 0.25) is 0 Å². The number of esters is 2. The topological polar surface area (TPSA) is 219 Å². The Hall–Kier alpha value is -5.58. The molecule has 2 amide bonds. The van der Waals surface area contributed by atoms with Crippen LogP contribution in [0.4, 0.5) is 9.59 Å². The van der Waals surface area contributed by atoms with E-state index in [4.69, 9.17) is 20.9 Å². The third-order valence-electron chi connectivity index (χ3n) is 16.5. The van der Waals surface area contributed by atoms with Gasteiger partial charge < -0.3 is 46.2 Å². The van der Waals surface area contributed by atoms with Crippen molar-refractivity contribution in [2.75, 3.05) is 39.4 Å². The third-order valence-corrected chi connectivity index (χ3v) is 17.0. The van der Waals surface area contributed by atoms with Crippen LogP contribution in [0.3, 0.4) is 0 Å². The van der Waals surface area contributed by atoms with E-state index >= 15 is 0 Å². The summed E-state index contributed by atoms with van der Waals surface area (Å²) >= 11 is 3.44. The molecule has 4 aromatic rings. The monoisotopic (exact) mass is 1580 g/mol. The summed E-state index contributed by atoms with van der Waals surface area (Å²) in [7, 11) is 0. The molecule has 14 nitrogen and oxygen atoms in total. The van der Waals surface area contributed by atoms with E-state index in [1.54, 1.807) is 19.4 Å².